The quantitative estimate of drug-likeness (QED) is 0.396. The van der Waals surface area contributed by atoms with E-state index in [1.165, 1.54) is 41.9 Å². The van der Waals surface area contributed by atoms with Crippen LogP contribution >= 0.6 is 11.6 Å². The summed E-state index contributed by atoms with van der Waals surface area (Å²) >= 11 is 6.20. The van der Waals surface area contributed by atoms with Gasteiger partial charge in [0.2, 0.25) is 10.0 Å². The van der Waals surface area contributed by atoms with Crippen LogP contribution in [0.2, 0.25) is 5.02 Å². The van der Waals surface area contributed by atoms with E-state index in [4.69, 9.17) is 22.2 Å². The first-order chi connectivity index (χ1) is 18.1. The molecule has 0 radical (unpaired) electrons. The molecule has 0 aliphatic carbocycles. The lowest BCUT2D eigenvalue weighted by Gasteiger charge is -2.34. The predicted octanol–water partition coefficient (Wildman–Crippen LogP) is 2.64. The number of aromatic nitrogens is 3. The second-order valence-corrected chi connectivity index (χ2v) is 11.2. The van der Waals surface area contributed by atoms with Crippen LogP contribution in [0, 0.1) is 5.82 Å². The maximum atomic E-state index is 14.6. The fraction of sp³-hybridized carbons (Fsp3) is 0.240. The Labute approximate surface area is 223 Å². The van der Waals surface area contributed by atoms with Gasteiger partial charge in [-0.05, 0) is 42.5 Å². The fourth-order valence-electron chi connectivity index (χ4n) is 4.51. The Balaban J connectivity index is 1.51. The molecule has 4 aromatic rings. The molecule has 0 unspecified atom stereocenters. The molecule has 5 rings (SSSR count). The molecule has 2 aromatic carbocycles. The molecule has 0 amide bonds. The Hall–Kier alpha value is -3.74. The number of sulfonamides is 1. The summed E-state index contributed by atoms with van der Waals surface area (Å²) in [6, 6.07) is 13.0. The van der Waals surface area contributed by atoms with Gasteiger partial charge >= 0.3 is 0 Å². The summed E-state index contributed by atoms with van der Waals surface area (Å²) in [4.78, 5) is 29.6. The van der Waals surface area contributed by atoms with E-state index >= 15 is 0 Å². The summed E-state index contributed by atoms with van der Waals surface area (Å²) < 4.78 is 40.5. The van der Waals surface area contributed by atoms with E-state index in [0.717, 1.165) is 10.4 Å². The van der Waals surface area contributed by atoms with Crippen LogP contribution in [0.3, 0.4) is 0 Å². The van der Waals surface area contributed by atoms with Gasteiger partial charge in [0.05, 0.1) is 22.2 Å². The zero-order valence-electron chi connectivity index (χ0n) is 20.6. The summed E-state index contributed by atoms with van der Waals surface area (Å²) in [5.41, 5.74) is 7.22. The second-order valence-electron chi connectivity index (χ2n) is 8.80. The van der Waals surface area contributed by atoms with Crippen molar-refractivity contribution in [2.45, 2.75) is 0 Å². The first-order valence-electron chi connectivity index (χ1n) is 11.6. The molecule has 38 heavy (non-hydrogen) atoms. The summed E-state index contributed by atoms with van der Waals surface area (Å²) in [7, 11) is -1.91. The predicted molar refractivity (Wildman–Crippen MR) is 145 cm³/mol. The number of rotatable bonds is 5. The van der Waals surface area contributed by atoms with Crippen LogP contribution < -0.4 is 21.0 Å². The number of nitrogens with two attached hydrogens (primary N) is 1. The molecule has 2 aromatic heterocycles. The van der Waals surface area contributed by atoms with Gasteiger partial charge in [0, 0.05) is 43.0 Å². The standard InChI is InChI=1S/C25H24ClFN6O4S/c1-37-33-24-18(14-17(25(33)34)21-19(26)4-3-5-20(21)27)22(28)29-23(30-24)15-6-8-16(9-7-15)31-10-12-32(13-11-31)38(2,35)36/h3-9,14H,10-13H2,1-2H3,(H2,28,29,30). The highest BCUT2D eigenvalue weighted by atomic mass is 35.5. The highest BCUT2D eigenvalue weighted by Crippen LogP contribution is 2.32. The normalized spacial score (nSPS) is 14.7. The van der Waals surface area contributed by atoms with E-state index in [2.05, 4.69) is 14.9 Å². The van der Waals surface area contributed by atoms with Crippen LogP contribution in [0.25, 0.3) is 33.5 Å². The number of nitrogen functional groups attached to an aromatic ring is 1. The van der Waals surface area contributed by atoms with Crippen LogP contribution in [-0.2, 0) is 10.0 Å². The third-order valence-corrected chi connectivity index (χ3v) is 8.08. The van der Waals surface area contributed by atoms with Crippen molar-refractivity contribution in [2.75, 3.05) is 50.2 Å². The maximum Gasteiger partial charge on any atom is 0.293 e. The van der Waals surface area contributed by atoms with Crippen molar-refractivity contribution in [1.29, 1.82) is 0 Å². The van der Waals surface area contributed by atoms with E-state index in [9.17, 15) is 17.6 Å². The molecule has 1 fully saturated rings. The Morgan fingerprint density at radius 2 is 1.74 bits per heavy atom. The molecule has 1 aliphatic heterocycles. The molecule has 1 saturated heterocycles. The van der Waals surface area contributed by atoms with Crippen LogP contribution in [-0.4, -0.2) is 67.0 Å². The average molecular weight is 559 g/mol. The van der Waals surface area contributed by atoms with Gasteiger partial charge in [-0.25, -0.2) is 22.8 Å². The van der Waals surface area contributed by atoms with Crippen LogP contribution in [0.5, 0.6) is 0 Å². The van der Waals surface area contributed by atoms with Gasteiger partial charge in [-0.3, -0.25) is 4.79 Å². The number of benzene rings is 2. The second kappa shape index (κ2) is 9.86. The highest BCUT2D eigenvalue weighted by molar-refractivity contribution is 7.88. The van der Waals surface area contributed by atoms with Gasteiger partial charge in [0.1, 0.15) is 18.7 Å². The number of anilines is 2. The fourth-order valence-corrected chi connectivity index (χ4v) is 5.60. The van der Waals surface area contributed by atoms with Crippen LogP contribution in [0.4, 0.5) is 15.9 Å². The largest absolute Gasteiger partial charge is 0.412 e. The molecule has 10 nitrogen and oxygen atoms in total. The molecule has 2 N–H and O–H groups in total. The minimum absolute atomic E-state index is 0.0363. The van der Waals surface area contributed by atoms with Crippen molar-refractivity contribution in [3.05, 3.63) is 69.7 Å². The number of piperazine rings is 1. The molecule has 0 spiro atoms. The molecule has 3 heterocycles. The van der Waals surface area contributed by atoms with Crippen molar-refractivity contribution >= 4 is 44.2 Å². The Morgan fingerprint density at radius 3 is 2.34 bits per heavy atom. The van der Waals surface area contributed by atoms with Crippen LogP contribution in [0.1, 0.15) is 0 Å². The minimum atomic E-state index is -3.21. The van der Waals surface area contributed by atoms with Crippen molar-refractivity contribution in [3.8, 4) is 22.5 Å². The Bertz CT molecular complexity index is 1680. The molecule has 13 heteroatoms. The van der Waals surface area contributed by atoms with Crippen molar-refractivity contribution in [3.63, 3.8) is 0 Å². The molecule has 0 atom stereocenters. The molecule has 1 aliphatic rings. The number of halogens is 2. The van der Waals surface area contributed by atoms with Gasteiger partial charge in [0.25, 0.3) is 5.56 Å². The summed E-state index contributed by atoms with van der Waals surface area (Å²) in [5, 5.41) is 0.364. The van der Waals surface area contributed by atoms with E-state index in [1.807, 2.05) is 24.3 Å². The lowest BCUT2D eigenvalue weighted by Crippen LogP contribution is -2.48. The van der Waals surface area contributed by atoms with Gasteiger partial charge in [-0.1, -0.05) is 17.7 Å². The molecular weight excluding hydrogens is 535 g/mol. The summed E-state index contributed by atoms with van der Waals surface area (Å²) in [5.74, 6) is -0.318. The lowest BCUT2D eigenvalue weighted by atomic mass is 10.1. The summed E-state index contributed by atoms with van der Waals surface area (Å²) in [6.07, 6.45) is 1.21. The van der Waals surface area contributed by atoms with Crippen LogP contribution in [0.15, 0.2) is 53.3 Å². The van der Waals surface area contributed by atoms with Crippen molar-refractivity contribution in [1.82, 2.24) is 19.0 Å². The minimum Gasteiger partial charge on any atom is -0.412 e. The molecule has 0 saturated carbocycles. The van der Waals surface area contributed by atoms with E-state index in [-0.39, 0.29) is 33.4 Å². The Kier molecular flexibility index (Phi) is 6.72. The van der Waals surface area contributed by atoms with E-state index < -0.39 is 21.4 Å². The van der Waals surface area contributed by atoms with Crippen molar-refractivity contribution in [2.24, 2.45) is 0 Å². The highest BCUT2D eigenvalue weighted by Gasteiger charge is 2.24. The van der Waals surface area contributed by atoms with Gasteiger partial charge in [-0.2, -0.15) is 4.31 Å². The average Bonchev–Trinajstić information content (AvgIpc) is 2.89. The molecular formula is C25H24ClFN6O4S. The number of pyridine rings is 1. The third kappa shape index (κ3) is 4.66. The summed E-state index contributed by atoms with van der Waals surface area (Å²) in [6.45, 7) is 1.97. The number of nitrogens with zero attached hydrogens (tertiary/aromatic N) is 5. The SMILES string of the molecule is COn1c(=O)c(-c2c(F)cccc2Cl)cc2c(N)nc(-c3ccc(N4CCN(S(C)(=O)=O)CC4)cc3)nc21. The van der Waals surface area contributed by atoms with Gasteiger partial charge < -0.3 is 15.5 Å². The Morgan fingerprint density at radius 1 is 1.05 bits per heavy atom. The molecule has 0 bridgehead atoms. The number of hydrogen-bond acceptors (Lipinski definition) is 8. The zero-order chi connectivity index (χ0) is 27.2. The van der Waals surface area contributed by atoms with Gasteiger partial charge in [0.15, 0.2) is 11.5 Å². The molecule has 198 valence electrons. The van der Waals surface area contributed by atoms with Gasteiger partial charge in [-0.15, -0.1) is 4.73 Å². The lowest BCUT2D eigenvalue weighted by molar-refractivity contribution is 0.168. The van der Waals surface area contributed by atoms with Crippen molar-refractivity contribution < 1.29 is 17.6 Å². The first-order valence-corrected chi connectivity index (χ1v) is 13.8. The zero-order valence-corrected chi connectivity index (χ0v) is 22.1. The third-order valence-electron chi connectivity index (χ3n) is 6.46. The number of fused-ring (bicyclic) bond motifs is 1. The van der Waals surface area contributed by atoms with E-state index in [0.29, 0.717) is 37.1 Å². The van der Waals surface area contributed by atoms with E-state index in [1.54, 1.807) is 0 Å². The smallest absolute Gasteiger partial charge is 0.293 e. The number of hydrogen-bond donors (Lipinski definition) is 1. The monoisotopic (exact) mass is 558 g/mol. The topological polar surface area (TPSA) is 124 Å². The first kappa shape index (κ1) is 25.9. The maximum absolute atomic E-state index is 14.6.